The second kappa shape index (κ2) is 8.79. The first kappa shape index (κ1) is 18.4. The molecule has 3 rings (SSSR count). The fraction of sp³-hybridized carbons (Fsp3) is 0.263. The number of hydrogen-bond donors (Lipinski definition) is 0. The Balaban J connectivity index is 1.69. The lowest BCUT2D eigenvalue weighted by molar-refractivity contribution is 0.0784. The van der Waals surface area contributed by atoms with Gasteiger partial charge in [-0.1, -0.05) is 65.5 Å². The normalized spacial score (nSPS) is 13.6. The van der Waals surface area contributed by atoms with E-state index in [0.717, 1.165) is 39.1 Å². The number of nitrogens with zero attached hydrogens (tertiary/aromatic N) is 2. The van der Waals surface area contributed by atoms with Crippen LogP contribution in [0.5, 0.6) is 0 Å². The largest absolute Gasteiger partial charge is 0.337 e. The van der Waals surface area contributed by atoms with Crippen LogP contribution in [0.2, 0.25) is 5.02 Å². The average Bonchev–Trinajstić information content (AvgIpc) is 3.15. The molecule has 0 atom stereocenters. The number of benzene rings is 2. The quantitative estimate of drug-likeness (QED) is 0.724. The van der Waals surface area contributed by atoms with Crippen molar-refractivity contribution in [1.82, 2.24) is 4.90 Å². The number of thioether (sulfide) groups is 2. The van der Waals surface area contributed by atoms with E-state index >= 15 is 0 Å². The monoisotopic (exact) mass is 390 g/mol. The summed E-state index contributed by atoms with van der Waals surface area (Å²) in [6, 6.07) is 15.4. The molecule has 1 heterocycles. The fourth-order valence-corrected chi connectivity index (χ4v) is 4.68. The van der Waals surface area contributed by atoms with Gasteiger partial charge in [-0.3, -0.25) is 9.79 Å². The van der Waals surface area contributed by atoms with E-state index in [0.29, 0.717) is 11.6 Å². The van der Waals surface area contributed by atoms with Crippen LogP contribution in [0.25, 0.3) is 0 Å². The van der Waals surface area contributed by atoms with Gasteiger partial charge in [0.1, 0.15) is 4.38 Å². The minimum Gasteiger partial charge on any atom is -0.337 e. The molecule has 0 aromatic heterocycles. The van der Waals surface area contributed by atoms with Crippen molar-refractivity contribution in [2.45, 2.75) is 12.3 Å². The van der Waals surface area contributed by atoms with Crippen molar-refractivity contribution >= 4 is 45.4 Å². The van der Waals surface area contributed by atoms with Crippen LogP contribution in [0.1, 0.15) is 21.5 Å². The zero-order valence-corrected chi connectivity index (χ0v) is 16.3. The van der Waals surface area contributed by atoms with Crippen molar-refractivity contribution in [2.75, 3.05) is 19.3 Å². The first-order chi connectivity index (χ1) is 12.1. The number of carbonyl (C=O) groups excluding carboxylic acids is 1. The van der Waals surface area contributed by atoms with Gasteiger partial charge in [0.05, 0.1) is 6.54 Å². The molecule has 6 heteroatoms. The average molecular weight is 391 g/mol. The van der Waals surface area contributed by atoms with Gasteiger partial charge in [-0.25, -0.2) is 0 Å². The molecule has 2 aromatic rings. The molecule has 0 radical (unpaired) electrons. The van der Waals surface area contributed by atoms with E-state index in [-0.39, 0.29) is 5.91 Å². The third-order valence-electron chi connectivity index (χ3n) is 3.84. The van der Waals surface area contributed by atoms with Gasteiger partial charge in [-0.05, 0) is 29.3 Å². The van der Waals surface area contributed by atoms with Crippen LogP contribution in [0.3, 0.4) is 0 Å². The number of carbonyl (C=O) groups is 1. The summed E-state index contributed by atoms with van der Waals surface area (Å²) in [4.78, 5) is 19.1. The number of amides is 1. The third-order valence-corrected chi connectivity index (χ3v) is 6.39. The Kier molecular flexibility index (Phi) is 6.45. The highest BCUT2D eigenvalue weighted by Gasteiger charge is 2.17. The molecule has 25 heavy (non-hydrogen) atoms. The van der Waals surface area contributed by atoms with Crippen molar-refractivity contribution in [3.05, 3.63) is 70.2 Å². The van der Waals surface area contributed by atoms with Crippen molar-refractivity contribution < 1.29 is 4.79 Å². The van der Waals surface area contributed by atoms with E-state index in [1.54, 1.807) is 28.4 Å². The molecule has 0 saturated carbocycles. The summed E-state index contributed by atoms with van der Waals surface area (Å²) in [5.41, 5.74) is 2.87. The molecule has 130 valence electrons. The Bertz CT molecular complexity index is 777. The van der Waals surface area contributed by atoms with Crippen molar-refractivity contribution in [3.63, 3.8) is 0 Å². The smallest absolute Gasteiger partial charge is 0.254 e. The minimum absolute atomic E-state index is 0.0344. The number of hydrogen-bond acceptors (Lipinski definition) is 4. The first-order valence-electron chi connectivity index (χ1n) is 8.01. The maximum absolute atomic E-state index is 12.9. The van der Waals surface area contributed by atoms with Gasteiger partial charge in [-0.15, -0.1) is 0 Å². The maximum Gasteiger partial charge on any atom is 0.254 e. The molecule has 0 saturated heterocycles. The Hall–Kier alpha value is -1.43. The van der Waals surface area contributed by atoms with Crippen LogP contribution in [0, 0.1) is 0 Å². The molecule has 1 aliphatic heterocycles. The standard InChI is InChI=1S/C19H19ClN2OS2/c1-22(12-14-6-8-16(20)9-7-14)18(23)17-5-3-2-4-15(17)13-25-19-21-10-11-24-19/h2-9H,10-13H2,1H3. The zero-order chi connectivity index (χ0) is 17.6. The zero-order valence-electron chi connectivity index (χ0n) is 13.9. The van der Waals surface area contributed by atoms with Crippen molar-refractivity contribution in [2.24, 2.45) is 4.99 Å². The molecule has 0 aliphatic carbocycles. The van der Waals surface area contributed by atoms with Crippen LogP contribution in [0.4, 0.5) is 0 Å². The van der Waals surface area contributed by atoms with Crippen LogP contribution < -0.4 is 0 Å². The number of halogens is 1. The lowest BCUT2D eigenvalue weighted by Gasteiger charge is -2.19. The molecular weight excluding hydrogens is 372 g/mol. The summed E-state index contributed by atoms with van der Waals surface area (Å²) in [7, 11) is 1.83. The van der Waals surface area contributed by atoms with Crippen molar-refractivity contribution in [3.8, 4) is 0 Å². The Morgan fingerprint density at radius 3 is 2.72 bits per heavy atom. The fourth-order valence-electron chi connectivity index (χ4n) is 2.54. The van der Waals surface area contributed by atoms with E-state index in [4.69, 9.17) is 11.6 Å². The minimum atomic E-state index is 0.0344. The molecule has 0 unspecified atom stereocenters. The first-order valence-corrected chi connectivity index (χ1v) is 10.4. The van der Waals surface area contributed by atoms with Gasteiger partial charge in [0, 0.05) is 35.7 Å². The van der Waals surface area contributed by atoms with E-state index in [1.807, 2.05) is 55.6 Å². The van der Waals surface area contributed by atoms with E-state index < -0.39 is 0 Å². The van der Waals surface area contributed by atoms with Gasteiger partial charge in [-0.2, -0.15) is 0 Å². The topological polar surface area (TPSA) is 32.7 Å². The second-order valence-electron chi connectivity index (χ2n) is 5.73. The molecule has 0 spiro atoms. The van der Waals surface area contributed by atoms with Gasteiger partial charge in [0.25, 0.3) is 5.91 Å². The summed E-state index contributed by atoms with van der Waals surface area (Å²) >= 11 is 9.43. The molecule has 0 fully saturated rings. The Morgan fingerprint density at radius 1 is 1.24 bits per heavy atom. The maximum atomic E-state index is 12.9. The van der Waals surface area contributed by atoms with Gasteiger partial charge < -0.3 is 4.90 Å². The molecule has 2 aromatic carbocycles. The van der Waals surface area contributed by atoms with Crippen molar-refractivity contribution in [1.29, 1.82) is 0 Å². The van der Waals surface area contributed by atoms with Gasteiger partial charge >= 0.3 is 0 Å². The lowest BCUT2D eigenvalue weighted by Crippen LogP contribution is -2.27. The predicted octanol–water partition coefficient (Wildman–Crippen LogP) is 4.95. The van der Waals surface area contributed by atoms with E-state index in [9.17, 15) is 4.79 Å². The highest BCUT2D eigenvalue weighted by molar-refractivity contribution is 8.38. The van der Waals surface area contributed by atoms with Crippen LogP contribution in [0.15, 0.2) is 53.5 Å². The summed E-state index contributed by atoms with van der Waals surface area (Å²) < 4.78 is 1.12. The Labute approximate surface area is 161 Å². The summed E-state index contributed by atoms with van der Waals surface area (Å²) in [5, 5.41) is 0.702. The van der Waals surface area contributed by atoms with Crippen LogP contribution in [-0.2, 0) is 12.3 Å². The SMILES string of the molecule is CN(Cc1ccc(Cl)cc1)C(=O)c1ccccc1CSC1=NCCS1. The van der Waals surface area contributed by atoms with E-state index in [2.05, 4.69) is 4.99 Å². The molecule has 0 bridgehead atoms. The molecule has 0 N–H and O–H groups in total. The number of aliphatic imine (C=N–C) groups is 1. The van der Waals surface area contributed by atoms with Crippen LogP contribution >= 0.6 is 35.1 Å². The second-order valence-corrected chi connectivity index (χ2v) is 8.47. The van der Waals surface area contributed by atoms with Crippen LogP contribution in [-0.4, -0.2) is 34.5 Å². The van der Waals surface area contributed by atoms with Gasteiger partial charge in [0.2, 0.25) is 0 Å². The predicted molar refractivity (Wildman–Crippen MR) is 110 cm³/mol. The van der Waals surface area contributed by atoms with Gasteiger partial charge in [0.15, 0.2) is 0 Å². The molecular formula is C19H19ClN2OS2. The lowest BCUT2D eigenvalue weighted by atomic mass is 10.1. The summed E-state index contributed by atoms with van der Waals surface area (Å²) in [6.45, 7) is 1.46. The molecule has 1 amide bonds. The molecule has 3 nitrogen and oxygen atoms in total. The summed E-state index contributed by atoms with van der Waals surface area (Å²) in [6.07, 6.45) is 0. The highest BCUT2D eigenvalue weighted by atomic mass is 35.5. The summed E-state index contributed by atoms with van der Waals surface area (Å²) in [5.74, 6) is 1.86. The third kappa shape index (κ3) is 5.03. The molecule has 1 aliphatic rings. The van der Waals surface area contributed by atoms with E-state index in [1.165, 1.54) is 0 Å². The number of rotatable bonds is 5. The Morgan fingerprint density at radius 2 is 2.00 bits per heavy atom. The highest BCUT2D eigenvalue weighted by Crippen LogP contribution is 2.27.